The van der Waals surface area contributed by atoms with Crippen molar-refractivity contribution in [3.05, 3.63) is 65.0 Å². The number of benzene rings is 1. The number of amides is 3. The van der Waals surface area contributed by atoms with Gasteiger partial charge in [0.2, 0.25) is 11.8 Å². The summed E-state index contributed by atoms with van der Waals surface area (Å²) in [5.74, 6) is 0.398. The molecule has 0 bridgehead atoms. The highest BCUT2D eigenvalue weighted by molar-refractivity contribution is 6.05. The summed E-state index contributed by atoms with van der Waals surface area (Å²) in [6.07, 6.45) is 4.41. The van der Waals surface area contributed by atoms with Crippen LogP contribution in [0.15, 0.2) is 42.6 Å². The molecule has 0 radical (unpaired) electrons. The van der Waals surface area contributed by atoms with Gasteiger partial charge in [0, 0.05) is 87.6 Å². The van der Waals surface area contributed by atoms with Crippen molar-refractivity contribution in [1.29, 1.82) is 0 Å². The Labute approximate surface area is 255 Å². The van der Waals surface area contributed by atoms with Crippen LogP contribution in [0, 0.1) is 5.92 Å². The van der Waals surface area contributed by atoms with Gasteiger partial charge in [-0.25, -0.2) is 9.97 Å². The largest absolute Gasteiger partial charge is 0.489 e. The summed E-state index contributed by atoms with van der Waals surface area (Å²) < 4.78 is 17.6. The Morgan fingerprint density at radius 3 is 2.73 bits per heavy atom. The monoisotopic (exact) mass is 599 g/mol. The standard InChI is InChI=1S/C33H37N5O6/c1-42-19-24-16-37(15-20-12-22-2-5-27(35-31(22)34-14-20)21-8-10-43-11-9-21)18-29(24)44-25-3-4-26-23(13-25)17-38(33(26)41)28-6-7-30(39)36-32(28)40/h2-5,12-14,21,24,28-29H,6-11,15-19H2,1H3,(H,36,39,40)/t24-,28-,29+/m0/s1. The number of likely N-dealkylation sites (tertiary alicyclic amines) is 1. The summed E-state index contributed by atoms with van der Waals surface area (Å²) in [6, 6.07) is 11.3. The molecule has 0 aliphatic carbocycles. The molecule has 2 aromatic heterocycles. The van der Waals surface area contributed by atoms with Crippen molar-refractivity contribution in [3.8, 4) is 5.75 Å². The highest BCUT2D eigenvalue weighted by Gasteiger charge is 2.40. The molecule has 4 aliphatic rings. The smallest absolute Gasteiger partial charge is 0.255 e. The van der Waals surface area contributed by atoms with Crippen molar-refractivity contribution in [2.24, 2.45) is 5.92 Å². The first-order chi connectivity index (χ1) is 21.4. The first kappa shape index (κ1) is 28.8. The predicted octanol–water partition coefficient (Wildman–Crippen LogP) is 2.81. The maximum atomic E-state index is 13.1. The van der Waals surface area contributed by atoms with E-state index in [1.807, 2.05) is 18.3 Å². The van der Waals surface area contributed by atoms with Gasteiger partial charge in [-0.05, 0) is 66.8 Å². The Hall–Kier alpha value is -3.93. The molecule has 0 saturated carbocycles. The van der Waals surface area contributed by atoms with Gasteiger partial charge in [0.15, 0.2) is 5.65 Å². The summed E-state index contributed by atoms with van der Waals surface area (Å²) in [7, 11) is 1.71. The number of carbonyl (C=O) groups is 3. The van der Waals surface area contributed by atoms with Crippen LogP contribution in [0.5, 0.6) is 5.75 Å². The first-order valence-electron chi connectivity index (χ1n) is 15.4. The highest BCUT2D eigenvalue weighted by Crippen LogP contribution is 2.32. The quantitative estimate of drug-likeness (QED) is 0.390. The molecule has 3 fully saturated rings. The van der Waals surface area contributed by atoms with E-state index >= 15 is 0 Å². The summed E-state index contributed by atoms with van der Waals surface area (Å²) in [5, 5.41) is 3.39. The van der Waals surface area contributed by atoms with Gasteiger partial charge in [-0.15, -0.1) is 0 Å². The minimum Gasteiger partial charge on any atom is -0.489 e. The van der Waals surface area contributed by atoms with Gasteiger partial charge >= 0.3 is 0 Å². The van der Waals surface area contributed by atoms with Gasteiger partial charge in [0.05, 0.1) is 6.61 Å². The number of nitrogens with one attached hydrogen (secondary N) is 1. The van der Waals surface area contributed by atoms with Gasteiger partial charge in [0.1, 0.15) is 17.9 Å². The molecular weight excluding hydrogens is 562 g/mol. The van der Waals surface area contributed by atoms with Crippen molar-refractivity contribution in [2.45, 2.75) is 56.8 Å². The second kappa shape index (κ2) is 12.2. The van der Waals surface area contributed by atoms with E-state index in [0.717, 1.165) is 73.5 Å². The summed E-state index contributed by atoms with van der Waals surface area (Å²) in [5.41, 5.74) is 4.40. The van der Waals surface area contributed by atoms with Crippen molar-refractivity contribution in [1.82, 2.24) is 25.1 Å². The third-order valence-electron chi connectivity index (χ3n) is 9.29. The lowest BCUT2D eigenvalue weighted by Gasteiger charge is -2.29. The molecule has 11 heteroatoms. The molecule has 4 aliphatic heterocycles. The van der Waals surface area contributed by atoms with Crippen molar-refractivity contribution in [2.75, 3.05) is 40.0 Å². The normalized spacial score (nSPS) is 24.6. The zero-order valence-corrected chi connectivity index (χ0v) is 24.9. The van der Waals surface area contributed by atoms with Gasteiger partial charge in [-0.1, -0.05) is 0 Å². The lowest BCUT2D eigenvalue weighted by Crippen LogP contribution is -2.52. The third kappa shape index (κ3) is 5.79. The molecule has 3 aromatic rings. The van der Waals surface area contributed by atoms with Crippen LogP contribution in [0.2, 0.25) is 0 Å². The number of piperidine rings is 1. The fourth-order valence-corrected chi connectivity index (χ4v) is 7.00. The van der Waals surface area contributed by atoms with E-state index in [9.17, 15) is 14.4 Å². The lowest BCUT2D eigenvalue weighted by molar-refractivity contribution is -0.136. The van der Waals surface area contributed by atoms with Crippen LogP contribution in [-0.4, -0.2) is 89.7 Å². The number of hydrogen-bond acceptors (Lipinski definition) is 9. The van der Waals surface area contributed by atoms with Crippen molar-refractivity contribution in [3.63, 3.8) is 0 Å². The molecule has 1 N–H and O–H groups in total. The lowest BCUT2D eigenvalue weighted by atomic mass is 9.96. The van der Waals surface area contributed by atoms with E-state index < -0.39 is 11.9 Å². The number of ether oxygens (including phenoxy) is 3. The van der Waals surface area contributed by atoms with E-state index in [-0.39, 0.29) is 30.3 Å². The average Bonchev–Trinajstić information content (AvgIpc) is 3.56. The third-order valence-corrected chi connectivity index (χ3v) is 9.29. The van der Waals surface area contributed by atoms with Crippen LogP contribution in [0.25, 0.3) is 11.0 Å². The number of aromatic nitrogens is 2. The molecule has 0 spiro atoms. The number of pyridine rings is 2. The van der Waals surface area contributed by atoms with Crippen LogP contribution in [0.4, 0.5) is 0 Å². The number of imide groups is 1. The number of hydrogen-bond donors (Lipinski definition) is 1. The Kier molecular flexibility index (Phi) is 8.00. The SMILES string of the molecule is COC[C@@H]1CN(Cc2cnc3nc(C4CCOCC4)ccc3c2)C[C@H]1Oc1ccc2c(c1)CN([C@H]1CCC(=O)NC1=O)C2=O. The van der Waals surface area contributed by atoms with E-state index in [4.69, 9.17) is 24.2 Å². The maximum absolute atomic E-state index is 13.1. The number of rotatable bonds is 8. The molecule has 3 amide bonds. The Bertz CT molecular complexity index is 1590. The first-order valence-corrected chi connectivity index (χ1v) is 15.4. The van der Waals surface area contributed by atoms with Gasteiger partial charge in [-0.2, -0.15) is 0 Å². The zero-order chi connectivity index (χ0) is 30.2. The minimum absolute atomic E-state index is 0.0894. The van der Waals surface area contributed by atoms with E-state index in [1.54, 1.807) is 18.1 Å². The molecule has 11 nitrogen and oxygen atoms in total. The fourth-order valence-electron chi connectivity index (χ4n) is 7.00. The molecule has 0 unspecified atom stereocenters. The van der Waals surface area contributed by atoms with Crippen LogP contribution >= 0.6 is 0 Å². The second-order valence-corrected chi connectivity index (χ2v) is 12.3. The predicted molar refractivity (Wildman–Crippen MR) is 160 cm³/mol. The minimum atomic E-state index is -0.638. The summed E-state index contributed by atoms with van der Waals surface area (Å²) >= 11 is 0. The van der Waals surface area contributed by atoms with Crippen LogP contribution in [0.1, 0.15) is 58.8 Å². The molecule has 3 atom stereocenters. The Balaban J connectivity index is 1.01. The summed E-state index contributed by atoms with van der Waals surface area (Å²) in [6.45, 7) is 4.76. The number of carbonyl (C=O) groups excluding carboxylic acids is 3. The molecule has 1 aromatic carbocycles. The topological polar surface area (TPSA) is 123 Å². The highest BCUT2D eigenvalue weighted by atomic mass is 16.5. The molecule has 3 saturated heterocycles. The summed E-state index contributed by atoms with van der Waals surface area (Å²) in [4.78, 5) is 50.6. The van der Waals surface area contributed by atoms with Crippen LogP contribution < -0.4 is 10.1 Å². The number of nitrogens with zero attached hydrogens (tertiary/aromatic N) is 4. The van der Waals surface area contributed by atoms with E-state index in [0.29, 0.717) is 36.8 Å². The van der Waals surface area contributed by atoms with Gasteiger partial charge in [-0.3, -0.25) is 24.6 Å². The van der Waals surface area contributed by atoms with Crippen molar-refractivity contribution < 1.29 is 28.6 Å². The zero-order valence-electron chi connectivity index (χ0n) is 24.9. The van der Waals surface area contributed by atoms with Crippen molar-refractivity contribution >= 4 is 28.8 Å². The number of fused-ring (bicyclic) bond motifs is 2. The van der Waals surface area contributed by atoms with E-state index in [1.165, 1.54) is 0 Å². The van der Waals surface area contributed by atoms with E-state index in [2.05, 4.69) is 28.4 Å². The van der Waals surface area contributed by atoms with Crippen LogP contribution in [0.3, 0.4) is 0 Å². The van der Waals surface area contributed by atoms with Gasteiger partial charge in [0.25, 0.3) is 5.91 Å². The fraction of sp³-hybridized carbons (Fsp3) is 0.485. The molecule has 7 rings (SSSR count). The second-order valence-electron chi connectivity index (χ2n) is 12.3. The Morgan fingerprint density at radius 2 is 1.91 bits per heavy atom. The molecular formula is C33H37N5O6. The maximum Gasteiger partial charge on any atom is 0.255 e. The molecule has 6 heterocycles. The Morgan fingerprint density at radius 1 is 1.05 bits per heavy atom. The molecule has 230 valence electrons. The molecule has 44 heavy (non-hydrogen) atoms. The van der Waals surface area contributed by atoms with Crippen LogP contribution in [-0.2, 0) is 32.2 Å². The van der Waals surface area contributed by atoms with Gasteiger partial charge < -0.3 is 19.1 Å². The number of methoxy groups -OCH3 is 1. The average molecular weight is 600 g/mol.